The van der Waals surface area contributed by atoms with Crippen LogP contribution in [0.2, 0.25) is 0 Å². The predicted molar refractivity (Wildman–Crippen MR) is 104 cm³/mol. The highest BCUT2D eigenvalue weighted by molar-refractivity contribution is 5.90. The zero-order chi connectivity index (χ0) is 17.4. The number of rotatable bonds is 2. The molecule has 0 N–H and O–H groups in total. The van der Waals surface area contributed by atoms with Gasteiger partial charge in [-0.05, 0) is 48.6 Å². The molecule has 0 radical (unpaired) electrons. The number of hydrogen-bond donors (Lipinski definition) is 0. The third-order valence-electron chi connectivity index (χ3n) is 4.68. The number of hydrogen-bond acceptors (Lipinski definition) is 1. The van der Waals surface area contributed by atoms with E-state index in [2.05, 4.69) is 26.0 Å². The van der Waals surface area contributed by atoms with Gasteiger partial charge in [0.2, 0.25) is 0 Å². The number of aromatic nitrogens is 1. The Labute approximate surface area is 147 Å². The van der Waals surface area contributed by atoms with Gasteiger partial charge in [0, 0.05) is 11.1 Å². The number of nitrogens with zero attached hydrogens (tertiary/aromatic N) is 1. The Morgan fingerprint density at radius 2 is 1.28 bits per heavy atom. The summed E-state index contributed by atoms with van der Waals surface area (Å²) in [6.45, 7) is 4.14. The van der Waals surface area contributed by atoms with E-state index in [0.29, 0.717) is 0 Å². The van der Waals surface area contributed by atoms with Crippen molar-refractivity contribution in [1.82, 2.24) is 4.57 Å². The van der Waals surface area contributed by atoms with Gasteiger partial charge in [0.05, 0.1) is 5.69 Å². The van der Waals surface area contributed by atoms with Gasteiger partial charge in [-0.3, -0.25) is 9.36 Å². The summed E-state index contributed by atoms with van der Waals surface area (Å²) in [5.41, 5.74) is 5.20. The Balaban J connectivity index is 2.18. The van der Waals surface area contributed by atoms with Gasteiger partial charge >= 0.3 is 0 Å². The van der Waals surface area contributed by atoms with Crippen molar-refractivity contribution < 1.29 is 0 Å². The van der Waals surface area contributed by atoms with E-state index in [1.54, 1.807) is 0 Å². The Kier molecular flexibility index (Phi) is 3.73. The van der Waals surface area contributed by atoms with Crippen LogP contribution in [0.4, 0.5) is 0 Å². The van der Waals surface area contributed by atoms with E-state index >= 15 is 0 Å². The van der Waals surface area contributed by atoms with Crippen LogP contribution in [0.3, 0.4) is 0 Å². The Morgan fingerprint density at radius 3 is 1.96 bits per heavy atom. The molecule has 122 valence electrons. The molecule has 0 unspecified atom stereocenters. The molecule has 0 saturated heterocycles. The minimum Gasteiger partial charge on any atom is -0.276 e. The Bertz CT molecular complexity index is 1110. The zero-order valence-electron chi connectivity index (χ0n) is 14.4. The van der Waals surface area contributed by atoms with Crippen molar-refractivity contribution >= 4 is 10.8 Å². The average Bonchev–Trinajstić information content (AvgIpc) is 2.66. The first-order valence-electron chi connectivity index (χ1n) is 8.43. The molecule has 25 heavy (non-hydrogen) atoms. The maximum atomic E-state index is 13.3. The van der Waals surface area contributed by atoms with E-state index in [-0.39, 0.29) is 5.56 Å². The topological polar surface area (TPSA) is 22.0 Å². The van der Waals surface area contributed by atoms with Gasteiger partial charge in [0.25, 0.3) is 5.56 Å². The van der Waals surface area contributed by atoms with Crippen molar-refractivity contribution in [2.45, 2.75) is 13.8 Å². The second-order valence-corrected chi connectivity index (χ2v) is 6.36. The lowest BCUT2D eigenvalue weighted by atomic mass is 9.99. The molecule has 0 aliphatic carbocycles. The molecule has 1 aromatic heterocycles. The smallest absolute Gasteiger partial charge is 0.263 e. The molecule has 0 spiro atoms. The lowest BCUT2D eigenvalue weighted by Gasteiger charge is -2.18. The molecule has 4 rings (SSSR count). The van der Waals surface area contributed by atoms with Crippen LogP contribution in [-0.4, -0.2) is 4.57 Å². The van der Waals surface area contributed by atoms with Crippen molar-refractivity contribution in [1.29, 1.82) is 0 Å². The summed E-state index contributed by atoms with van der Waals surface area (Å²) in [4.78, 5) is 13.3. The van der Waals surface area contributed by atoms with E-state index in [1.165, 1.54) is 5.56 Å². The highest BCUT2D eigenvalue weighted by atomic mass is 16.1. The summed E-state index contributed by atoms with van der Waals surface area (Å²) >= 11 is 0. The Hall–Kier alpha value is -3.13. The maximum Gasteiger partial charge on any atom is 0.263 e. The van der Waals surface area contributed by atoms with Gasteiger partial charge in [-0.1, -0.05) is 66.2 Å². The van der Waals surface area contributed by atoms with Gasteiger partial charge < -0.3 is 0 Å². The first kappa shape index (κ1) is 15.4. The Morgan fingerprint density at radius 1 is 0.680 bits per heavy atom. The van der Waals surface area contributed by atoms with Crippen LogP contribution in [-0.2, 0) is 0 Å². The predicted octanol–water partition coefficient (Wildman–Crippen LogP) is 5.27. The van der Waals surface area contributed by atoms with Crippen LogP contribution in [0.15, 0.2) is 83.7 Å². The van der Waals surface area contributed by atoms with Crippen molar-refractivity contribution in [3.8, 4) is 16.9 Å². The van der Waals surface area contributed by atoms with Crippen molar-refractivity contribution in [2.24, 2.45) is 0 Å². The zero-order valence-corrected chi connectivity index (χ0v) is 14.4. The molecule has 0 amide bonds. The van der Waals surface area contributed by atoms with Crippen LogP contribution in [0, 0.1) is 13.8 Å². The molecule has 2 nitrogen and oxygen atoms in total. The lowest BCUT2D eigenvalue weighted by Crippen LogP contribution is -2.21. The summed E-state index contributed by atoms with van der Waals surface area (Å²) in [6.07, 6.45) is 0. The SMILES string of the molecule is Cc1ccc(-n2c(-c3ccccc3)c(C)c3ccccc3c2=O)cc1. The molecule has 0 fully saturated rings. The summed E-state index contributed by atoms with van der Waals surface area (Å²) in [6, 6.07) is 26.1. The summed E-state index contributed by atoms with van der Waals surface area (Å²) in [5, 5.41) is 1.76. The van der Waals surface area contributed by atoms with Crippen molar-refractivity contribution in [2.75, 3.05) is 0 Å². The van der Waals surface area contributed by atoms with Crippen LogP contribution in [0.25, 0.3) is 27.7 Å². The quantitative estimate of drug-likeness (QED) is 0.492. The molecule has 2 heteroatoms. The molecular formula is C23H19NO. The fourth-order valence-corrected chi connectivity index (χ4v) is 3.40. The van der Waals surface area contributed by atoms with E-state index in [0.717, 1.165) is 33.3 Å². The van der Waals surface area contributed by atoms with E-state index in [9.17, 15) is 4.79 Å². The third-order valence-corrected chi connectivity index (χ3v) is 4.68. The monoisotopic (exact) mass is 325 g/mol. The third kappa shape index (κ3) is 2.56. The molecule has 4 aromatic rings. The largest absolute Gasteiger partial charge is 0.276 e. The van der Waals surface area contributed by atoms with Gasteiger partial charge in [-0.15, -0.1) is 0 Å². The minimum absolute atomic E-state index is 0.0175. The average molecular weight is 325 g/mol. The van der Waals surface area contributed by atoms with Gasteiger partial charge in [-0.25, -0.2) is 0 Å². The lowest BCUT2D eigenvalue weighted by molar-refractivity contribution is 1.01. The fraction of sp³-hybridized carbons (Fsp3) is 0.0870. The highest BCUT2D eigenvalue weighted by Crippen LogP contribution is 2.29. The molecule has 0 aliphatic rings. The molecule has 0 saturated carbocycles. The van der Waals surface area contributed by atoms with E-state index < -0.39 is 0 Å². The number of pyridine rings is 1. The van der Waals surface area contributed by atoms with Crippen LogP contribution >= 0.6 is 0 Å². The number of fused-ring (bicyclic) bond motifs is 1. The standard InChI is InChI=1S/C23H19NO/c1-16-12-14-19(15-13-16)24-22(18-8-4-3-5-9-18)17(2)20-10-6-7-11-21(20)23(24)25/h3-15H,1-2H3. The first-order valence-corrected chi connectivity index (χ1v) is 8.43. The van der Waals surface area contributed by atoms with Crippen LogP contribution in [0.1, 0.15) is 11.1 Å². The summed E-state index contributed by atoms with van der Waals surface area (Å²) in [7, 11) is 0. The van der Waals surface area contributed by atoms with E-state index in [1.807, 2.05) is 71.3 Å². The van der Waals surface area contributed by atoms with Gasteiger partial charge in [-0.2, -0.15) is 0 Å². The molecular weight excluding hydrogens is 306 g/mol. The second kappa shape index (κ2) is 6.06. The number of aryl methyl sites for hydroxylation is 2. The fourth-order valence-electron chi connectivity index (χ4n) is 3.40. The summed E-state index contributed by atoms with van der Waals surface area (Å²) < 4.78 is 1.84. The first-order chi connectivity index (χ1) is 12.2. The summed E-state index contributed by atoms with van der Waals surface area (Å²) in [5.74, 6) is 0. The highest BCUT2D eigenvalue weighted by Gasteiger charge is 2.16. The molecule has 0 atom stereocenters. The van der Waals surface area contributed by atoms with Crippen molar-refractivity contribution in [3.05, 3.63) is 100 Å². The van der Waals surface area contributed by atoms with Crippen LogP contribution < -0.4 is 5.56 Å². The van der Waals surface area contributed by atoms with Gasteiger partial charge in [0.15, 0.2) is 0 Å². The molecule has 0 aliphatic heterocycles. The molecule has 0 bridgehead atoms. The second-order valence-electron chi connectivity index (χ2n) is 6.36. The molecule has 1 heterocycles. The van der Waals surface area contributed by atoms with E-state index in [4.69, 9.17) is 0 Å². The van der Waals surface area contributed by atoms with Crippen molar-refractivity contribution in [3.63, 3.8) is 0 Å². The van der Waals surface area contributed by atoms with Gasteiger partial charge in [0.1, 0.15) is 0 Å². The van der Waals surface area contributed by atoms with Crippen LogP contribution in [0.5, 0.6) is 0 Å². The minimum atomic E-state index is 0.0175. The maximum absolute atomic E-state index is 13.3. The number of benzene rings is 3. The normalized spacial score (nSPS) is 11.0. The molecule has 3 aromatic carbocycles.